The zero-order valence-corrected chi connectivity index (χ0v) is 12.1. The Morgan fingerprint density at radius 1 is 1.33 bits per heavy atom. The molecule has 1 aliphatic rings. The van der Waals surface area contributed by atoms with Crippen LogP contribution in [0.4, 0.5) is 5.69 Å². The molecule has 21 heavy (non-hydrogen) atoms. The molecule has 0 heterocycles. The average molecular weight is 290 g/mol. The molecule has 1 atom stereocenters. The molecule has 0 aromatic heterocycles. The fourth-order valence-electron chi connectivity index (χ4n) is 2.37. The normalized spacial score (nSPS) is 23.0. The number of para-hydroxylation sites is 1. The van der Waals surface area contributed by atoms with E-state index in [-0.39, 0.29) is 11.5 Å². The van der Waals surface area contributed by atoms with E-state index in [1.807, 2.05) is 19.1 Å². The van der Waals surface area contributed by atoms with Gasteiger partial charge >= 0.3 is 0 Å². The number of anilines is 1. The Kier molecular flexibility index (Phi) is 3.90. The van der Waals surface area contributed by atoms with E-state index >= 15 is 0 Å². The Labute approximate surface area is 122 Å². The Morgan fingerprint density at radius 2 is 2.05 bits per heavy atom. The van der Waals surface area contributed by atoms with Crippen LogP contribution in [0.25, 0.3) is 0 Å². The largest absolute Gasteiger partial charge is 0.506 e. The number of allylic oxidation sites excluding steroid dienone is 2. The van der Waals surface area contributed by atoms with Crippen LogP contribution in [-0.4, -0.2) is 33.9 Å². The number of oxime groups is 1. The molecule has 112 valence electrons. The van der Waals surface area contributed by atoms with Gasteiger partial charge in [-0.3, -0.25) is 5.21 Å². The molecule has 3 N–H and O–H groups in total. The average Bonchev–Trinajstić information content (AvgIpc) is 2.46. The highest BCUT2D eigenvalue weighted by Crippen LogP contribution is 2.37. The number of hydroxylamine groups is 1. The topological polar surface area (TPSA) is 85.5 Å². The molecule has 6 heteroatoms. The van der Waals surface area contributed by atoms with E-state index in [1.54, 1.807) is 25.1 Å². The van der Waals surface area contributed by atoms with Crippen molar-refractivity contribution < 1.29 is 20.3 Å². The number of methoxy groups -OCH3 is 1. The van der Waals surface area contributed by atoms with Gasteiger partial charge in [0.2, 0.25) is 0 Å². The van der Waals surface area contributed by atoms with E-state index in [1.165, 1.54) is 13.2 Å². The highest BCUT2D eigenvalue weighted by atomic mass is 16.5. The molecular weight excluding hydrogens is 272 g/mol. The highest BCUT2D eigenvalue weighted by Gasteiger charge is 2.40. The van der Waals surface area contributed by atoms with E-state index < -0.39 is 5.54 Å². The number of benzene rings is 1. The molecule has 0 radical (unpaired) electrons. The molecule has 0 bridgehead atoms. The van der Waals surface area contributed by atoms with Gasteiger partial charge in [0, 0.05) is 0 Å². The summed E-state index contributed by atoms with van der Waals surface area (Å²) in [6.45, 7) is 3.44. The number of aliphatic hydroxyl groups is 1. The van der Waals surface area contributed by atoms with Gasteiger partial charge in [-0.25, -0.2) is 5.06 Å². The highest BCUT2D eigenvalue weighted by molar-refractivity contribution is 6.09. The maximum Gasteiger partial charge on any atom is 0.153 e. The zero-order valence-electron chi connectivity index (χ0n) is 12.1. The molecule has 1 aliphatic carbocycles. The predicted octanol–water partition coefficient (Wildman–Crippen LogP) is 2.80. The van der Waals surface area contributed by atoms with Crippen molar-refractivity contribution in [3.05, 3.63) is 47.7 Å². The molecule has 1 unspecified atom stereocenters. The Hall–Kier alpha value is -2.47. The van der Waals surface area contributed by atoms with Gasteiger partial charge in [0.15, 0.2) is 5.71 Å². The van der Waals surface area contributed by atoms with Crippen molar-refractivity contribution in [3.8, 4) is 5.75 Å². The molecule has 0 saturated carbocycles. The first kappa shape index (κ1) is 14.9. The van der Waals surface area contributed by atoms with Crippen LogP contribution in [0.3, 0.4) is 0 Å². The Morgan fingerprint density at radius 3 is 2.67 bits per heavy atom. The molecule has 0 spiro atoms. The van der Waals surface area contributed by atoms with Crippen LogP contribution in [-0.2, 0) is 0 Å². The smallest absolute Gasteiger partial charge is 0.153 e. The van der Waals surface area contributed by atoms with Crippen molar-refractivity contribution in [3.63, 3.8) is 0 Å². The maximum atomic E-state index is 10.7. The zero-order chi connectivity index (χ0) is 15.6. The van der Waals surface area contributed by atoms with Crippen molar-refractivity contribution in [2.75, 3.05) is 12.2 Å². The summed E-state index contributed by atoms with van der Waals surface area (Å²) in [4.78, 5) is 0. The summed E-state index contributed by atoms with van der Waals surface area (Å²) in [5, 5.41) is 33.8. The number of hydrogen-bond acceptors (Lipinski definition) is 6. The van der Waals surface area contributed by atoms with Gasteiger partial charge in [-0.15, -0.1) is 0 Å². The standard InChI is InChI=1S/C15H18N2O4/c1-10-6-4-8-12(21-3)13(10)17(20)15(2)9-5-7-11(18)14(15)16-19/h4-9,18-20H,1-3H3/b16-14+. The Balaban J connectivity index is 2.57. The second-order valence-electron chi connectivity index (χ2n) is 4.94. The molecule has 0 fully saturated rings. The SMILES string of the molecule is COc1cccc(C)c1N(O)C1(C)C=CC=C(O)/C1=N\O. The molecule has 0 saturated heterocycles. The van der Waals surface area contributed by atoms with E-state index in [4.69, 9.17) is 4.74 Å². The van der Waals surface area contributed by atoms with Crippen molar-refractivity contribution in [2.45, 2.75) is 19.4 Å². The van der Waals surface area contributed by atoms with Crippen molar-refractivity contribution >= 4 is 11.4 Å². The minimum atomic E-state index is -1.23. The molecule has 0 aliphatic heterocycles. The third-order valence-corrected chi connectivity index (χ3v) is 3.57. The first-order valence-electron chi connectivity index (χ1n) is 6.39. The monoisotopic (exact) mass is 290 g/mol. The lowest BCUT2D eigenvalue weighted by atomic mass is 9.88. The number of ether oxygens (including phenoxy) is 1. The lowest BCUT2D eigenvalue weighted by molar-refractivity contribution is 0.206. The summed E-state index contributed by atoms with van der Waals surface area (Å²) in [6, 6.07) is 5.35. The van der Waals surface area contributed by atoms with Gasteiger partial charge in [0.1, 0.15) is 22.7 Å². The second kappa shape index (κ2) is 5.49. The van der Waals surface area contributed by atoms with Gasteiger partial charge in [0.25, 0.3) is 0 Å². The molecule has 6 nitrogen and oxygen atoms in total. The van der Waals surface area contributed by atoms with Crippen molar-refractivity contribution in [2.24, 2.45) is 5.16 Å². The number of aliphatic hydroxyl groups excluding tert-OH is 1. The van der Waals surface area contributed by atoms with Crippen LogP contribution in [0, 0.1) is 6.92 Å². The lowest BCUT2D eigenvalue weighted by Crippen LogP contribution is -2.51. The number of aryl methyl sites for hydroxylation is 1. The summed E-state index contributed by atoms with van der Waals surface area (Å²) in [5.41, 5.74) is -0.0777. The van der Waals surface area contributed by atoms with E-state index in [9.17, 15) is 15.5 Å². The van der Waals surface area contributed by atoms with Crippen LogP contribution in [0.1, 0.15) is 12.5 Å². The minimum absolute atomic E-state index is 0.0576. The summed E-state index contributed by atoms with van der Waals surface area (Å²) in [7, 11) is 1.50. The van der Waals surface area contributed by atoms with Crippen LogP contribution >= 0.6 is 0 Å². The molecular formula is C15H18N2O4. The molecule has 1 aromatic rings. The summed E-state index contributed by atoms with van der Waals surface area (Å²) >= 11 is 0. The lowest BCUT2D eigenvalue weighted by Gasteiger charge is -2.38. The summed E-state index contributed by atoms with van der Waals surface area (Å²) in [6.07, 6.45) is 4.59. The molecule has 1 aromatic carbocycles. The van der Waals surface area contributed by atoms with Gasteiger partial charge in [0.05, 0.1) is 7.11 Å². The van der Waals surface area contributed by atoms with Crippen LogP contribution in [0.15, 0.2) is 47.3 Å². The minimum Gasteiger partial charge on any atom is -0.506 e. The maximum absolute atomic E-state index is 10.7. The van der Waals surface area contributed by atoms with Crippen molar-refractivity contribution in [1.82, 2.24) is 0 Å². The molecule has 0 amide bonds. The first-order valence-corrected chi connectivity index (χ1v) is 6.39. The third-order valence-electron chi connectivity index (χ3n) is 3.57. The second-order valence-corrected chi connectivity index (χ2v) is 4.94. The molecule has 2 rings (SSSR count). The van der Waals surface area contributed by atoms with Crippen LogP contribution < -0.4 is 9.80 Å². The van der Waals surface area contributed by atoms with Gasteiger partial charge in [-0.2, -0.15) is 0 Å². The third kappa shape index (κ3) is 2.34. The number of rotatable bonds is 3. The van der Waals surface area contributed by atoms with Crippen LogP contribution in [0.2, 0.25) is 0 Å². The fourth-order valence-corrected chi connectivity index (χ4v) is 2.37. The fraction of sp³-hybridized carbons (Fsp3) is 0.267. The van der Waals surface area contributed by atoms with E-state index in [2.05, 4.69) is 5.16 Å². The quantitative estimate of drug-likeness (QED) is 0.588. The van der Waals surface area contributed by atoms with E-state index in [0.717, 1.165) is 10.6 Å². The van der Waals surface area contributed by atoms with Gasteiger partial charge < -0.3 is 15.1 Å². The first-order chi connectivity index (χ1) is 9.95. The summed E-state index contributed by atoms with van der Waals surface area (Å²) < 4.78 is 5.27. The van der Waals surface area contributed by atoms with E-state index in [0.29, 0.717) is 11.4 Å². The Bertz CT molecular complexity index is 637. The summed E-state index contributed by atoms with van der Waals surface area (Å²) in [5.74, 6) is 0.257. The van der Waals surface area contributed by atoms with Gasteiger partial charge in [-0.05, 0) is 31.6 Å². The predicted molar refractivity (Wildman–Crippen MR) is 79.5 cm³/mol. The van der Waals surface area contributed by atoms with Crippen molar-refractivity contribution in [1.29, 1.82) is 0 Å². The van der Waals surface area contributed by atoms with Gasteiger partial charge in [-0.1, -0.05) is 29.4 Å². The number of nitrogens with zero attached hydrogens (tertiary/aromatic N) is 2. The van der Waals surface area contributed by atoms with Crippen LogP contribution in [0.5, 0.6) is 5.75 Å². The number of hydrogen-bond donors (Lipinski definition) is 3.